The SMILES string of the molecule is Cc1[nH]c2ccccc2c1CCNC(=O)c1cc(S(=O)(=O)NC2CC2)c(Cl)cc1Cl. The minimum atomic E-state index is -3.81. The minimum absolute atomic E-state index is 0.0147. The van der Waals surface area contributed by atoms with Crippen molar-refractivity contribution in [1.29, 1.82) is 0 Å². The van der Waals surface area contributed by atoms with Gasteiger partial charge >= 0.3 is 0 Å². The van der Waals surface area contributed by atoms with Gasteiger partial charge in [0, 0.05) is 29.2 Å². The maximum atomic E-state index is 12.7. The molecule has 2 aromatic carbocycles. The summed E-state index contributed by atoms with van der Waals surface area (Å²) in [6.45, 7) is 2.38. The molecule has 0 unspecified atom stereocenters. The number of para-hydroxylation sites is 1. The number of fused-ring (bicyclic) bond motifs is 1. The molecule has 3 aromatic rings. The molecule has 9 heteroatoms. The van der Waals surface area contributed by atoms with E-state index in [1.165, 1.54) is 12.1 Å². The van der Waals surface area contributed by atoms with E-state index in [2.05, 4.69) is 15.0 Å². The molecular weight excluding hydrogens is 445 g/mol. The summed E-state index contributed by atoms with van der Waals surface area (Å²) in [6.07, 6.45) is 2.22. The van der Waals surface area contributed by atoms with Crippen molar-refractivity contribution in [3.63, 3.8) is 0 Å². The highest BCUT2D eigenvalue weighted by molar-refractivity contribution is 7.89. The molecule has 0 spiro atoms. The maximum absolute atomic E-state index is 12.7. The van der Waals surface area contributed by atoms with E-state index in [4.69, 9.17) is 23.2 Å². The van der Waals surface area contributed by atoms with Gasteiger partial charge in [-0.15, -0.1) is 0 Å². The third-order valence-electron chi connectivity index (χ3n) is 5.14. The Morgan fingerprint density at radius 1 is 1.17 bits per heavy atom. The number of aromatic nitrogens is 1. The van der Waals surface area contributed by atoms with Gasteiger partial charge in [0.05, 0.1) is 15.6 Å². The van der Waals surface area contributed by atoms with Crippen LogP contribution >= 0.6 is 23.2 Å². The molecule has 1 aromatic heterocycles. The third-order valence-corrected chi connectivity index (χ3v) is 7.44. The van der Waals surface area contributed by atoms with Gasteiger partial charge in [0.15, 0.2) is 0 Å². The van der Waals surface area contributed by atoms with Gasteiger partial charge in [-0.25, -0.2) is 13.1 Å². The first-order valence-electron chi connectivity index (χ1n) is 9.62. The zero-order valence-electron chi connectivity index (χ0n) is 16.3. The summed E-state index contributed by atoms with van der Waals surface area (Å²) in [5, 5.41) is 4.03. The first-order valence-corrected chi connectivity index (χ1v) is 11.9. The Balaban J connectivity index is 1.50. The van der Waals surface area contributed by atoms with Crippen LogP contribution in [0.5, 0.6) is 0 Å². The van der Waals surface area contributed by atoms with E-state index in [0.29, 0.717) is 13.0 Å². The molecule has 0 atom stereocenters. The number of hydrogen-bond acceptors (Lipinski definition) is 3. The average molecular weight is 466 g/mol. The molecule has 1 aliphatic rings. The van der Waals surface area contributed by atoms with E-state index < -0.39 is 15.9 Å². The second kappa shape index (κ2) is 8.23. The lowest BCUT2D eigenvalue weighted by molar-refractivity contribution is 0.0954. The zero-order valence-corrected chi connectivity index (χ0v) is 18.6. The summed E-state index contributed by atoms with van der Waals surface area (Å²) in [7, 11) is -3.81. The number of H-pyrrole nitrogens is 1. The molecule has 158 valence electrons. The number of rotatable bonds is 7. The van der Waals surface area contributed by atoms with Crippen LogP contribution in [0.3, 0.4) is 0 Å². The lowest BCUT2D eigenvalue weighted by Gasteiger charge is -2.12. The highest BCUT2D eigenvalue weighted by Gasteiger charge is 2.30. The minimum Gasteiger partial charge on any atom is -0.358 e. The Morgan fingerprint density at radius 2 is 1.90 bits per heavy atom. The molecule has 6 nitrogen and oxygen atoms in total. The molecule has 0 aliphatic heterocycles. The summed E-state index contributed by atoms with van der Waals surface area (Å²) >= 11 is 12.3. The van der Waals surface area contributed by atoms with Gasteiger partial charge in [-0.3, -0.25) is 4.79 Å². The number of carbonyl (C=O) groups excluding carboxylic acids is 1. The Hall–Kier alpha value is -2.06. The number of carbonyl (C=O) groups is 1. The van der Waals surface area contributed by atoms with Gasteiger partial charge in [0.25, 0.3) is 5.91 Å². The second-order valence-electron chi connectivity index (χ2n) is 7.44. The smallest absolute Gasteiger partial charge is 0.252 e. The first kappa shape index (κ1) is 21.2. The van der Waals surface area contributed by atoms with E-state index in [1.54, 1.807) is 0 Å². The van der Waals surface area contributed by atoms with E-state index in [1.807, 2.05) is 31.2 Å². The molecule has 1 saturated carbocycles. The van der Waals surface area contributed by atoms with E-state index >= 15 is 0 Å². The van der Waals surface area contributed by atoms with Crippen LogP contribution in [0.25, 0.3) is 10.9 Å². The molecule has 1 amide bonds. The molecule has 1 aliphatic carbocycles. The summed E-state index contributed by atoms with van der Waals surface area (Å²) in [6, 6.07) is 10.5. The van der Waals surface area contributed by atoms with E-state index in [9.17, 15) is 13.2 Å². The van der Waals surface area contributed by atoms with E-state index in [0.717, 1.165) is 35.0 Å². The van der Waals surface area contributed by atoms with Gasteiger partial charge < -0.3 is 10.3 Å². The van der Waals surface area contributed by atoms with Crippen molar-refractivity contribution in [3.05, 3.63) is 63.3 Å². The summed E-state index contributed by atoms with van der Waals surface area (Å²) in [5.74, 6) is -0.447. The van der Waals surface area contributed by atoms with Gasteiger partial charge in [-0.1, -0.05) is 41.4 Å². The largest absolute Gasteiger partial charge is 0.358 e. The van der Waals surface area contributed by atoms with Crippen molar-refractivity contribution in [2.75, 3.05) is 6.54 Å². The quantitative estimate of drug-likeness (QED) is 0.488. The second-order valence-corrected chi connectivity index (χ2v) is 9.93. The fourth-order valence-electron chi connectivity index (χ4n) is 3.45. The third kappa shape index (κ3) is 4.34. The maximum Gasteiger partial charge on any atom is 0.252 e. The lowest BCUT2D eigenvalue weighted by Crippen LogP contribution is -2.28. The van der Waals surface area contributed by atoms with Gasteiger partial charge in [-0.05, 0) is 49.9 Å². The fourth-order valence-corrected chi connectivity index (χ4v) is 5.61. The zero-order chi connectivity index (χ0) is 21.5. The number of amides is 1. The molecule has 1 fully saturated rings. The molecule has 0 saturated heterocycles. The summed E-state index contributed by atoms with van der Waals surface area (Å²) < 4.78 is 27.7. The van der Waals surface area contributed by atoms with E-state index in [-0.39, 0.29) is 26.5 Å². The molecule has 0 radical (unpaired) electrons. The first-order chi connectivity index (χ1) is 14.3. The Labute approximate surface area is 185 Å². The predicted molar refractivity (Wildman–Crippen MR) is 119 cm³/mol. The van der Waals surface area contributed by atoms with Crippen molar-refractivity contribution in [1.82, 2.24) is 15.0 Å². The lowest BCUT2D eigenvalue weighted by atomic mass is 10.1. The van der Waals surface area contributed by atoms with Crippen LogP contribution in [0.1, 0.15) is 34.5 Å². The topological polar surface area (TPSA) is 91.1 Å². The summed E-state index contributed by atoms with van der Waals surface area (Å²) in [5.41, 5.74) is 3.31. The number of halogens is 2. The fraction of sp³-hybridized carbons (Fsp3) is 0.286. The van der Waals surface area contributed by atoms with Crippen LogP contribution in [-0.4, -0.2) is 31.9 Å². The Morgan fingerprint density at radius 3 is 2.63 bits per heavy atom. The number of benzene rings is 2. The molecule has 0 bridgehead atoms. The average Bonchev–Trinajstić information content (AvgIpc) is 3.42. The summed E-state index contributed by atoms with van der Waals surface area (Å²) in [4.78, 5) is 15.9. The highest BCUT2D eigenvalue weighted by Crippen LogP contribution is 2.30. The number of hydrogen-bond donors (Lipinski definition) is 3. The van der Waals surface area contributed by atoms with Crippen LogP contribution in [0.2, 0.25) is 10.0 Å². The van der Waals surface area contributed by atoms with Crippen molar-refractivity contribution >= 4 is 50.0 Å². The van der Waals surface area contributed by atoms with Crippen LogP contribution in [-0.2, 0) is 16.4 Å². The Kier molecular flexibility index (Phi) is 5.81. The number of nitrogens with one attached hydrogen (secondary N) is 3. The number of sulfonamides is 1. The van der Waals surface area contributed by atoms with Crippen LogP contribution in [0, 0.1) is 6.92 Å². The van der Waals surface area contributed by atoms with Crippen LogP contribution in [0.15, 0.2) is 41.3 Å². The molecular formula is C21H21Cl2N3O3S. The molecule has 3 N–H and O–H groups in total. The van der Waals surface area contributed by atoms with Gasteiger partial charge in [-0.2, -0.15) is 0 Å². The van der Waals surface area contributed by atoms with Gasteiger partial charge in [0.1, 0.15) is 4.90 Å². The molecule has 30 heavy (non-hydrogen) atoms. The molecule has 1 heterocycles. The normalized spacial score (nSPS) is 14.2. The van der Waals surface area contributed by atoms with Crippen molar-refractivity contribution in [2.45, 2.75) is 37.1 Å². The Bertz CT molecular complexity index is 1230. The van der Waals surface area contributed by atoms with Crippen molar-refractivity contribution < 1.29 is 13.2 Å². The predicted octanol–water partition coefficient (Wildman–Crippen LogP) is 4.20. The standard InChI is InChI=1S/C21H21Cl2N3O3S/c1-12-14(15-4-2-3-5-19(15)25-12)8-9-24-21(27)16-10-20(18(23)11-17(16)22)30(28,29)26-13-6-7-13/h2-5,10-11,13,25-26H,6-9H2,1H3,(H,24,27). The van der Waals surface area contributed by atoms with Crippen LogP contribution < -0.4 is 10.0 Å². The van der Waals surface area contributed by atoms with Crippen LogP contribution in [0.4, 0.5) is 0 Å². The molecule has 4 rings (SSSR count). The number of aromatic amines is 1. The highest BCUT2D eigenvalue weighted by atomic mass is 35.5. The monoisotopic (exact) mass is 465 g/mol. The van der Waals surface area contributed by atoms with Crippen molar-refractivity contribution in [3.8, 4) is 0 Å². The van der Waals surface area contributed by atoms with Crippen molar-refractivity contribution in [2.24, 2.45) is 0 Å². The van der Waals surface area contributed by atoms with Gasteiger partial charge in [0.2, 0.25) is 10.0 Å². The number of aryl methyl sites for hydroxylation is 1.